The van der Waals surface area contributed by atoms with Gasteiger partial charge in [-0.2, -0.15) is 0 Å². The Labute approximate surface area is 127 Å². The van der Waals surface area contributed by atoms with Crippen LogP contribution in [0.5, 0.6) is 0 Å². The quantitative estimate of drug-likeness (QED) is 0.644. The Morgan fingerprint density at radius 1 is 1.43 bits per heavy atom. The monoisotopic (exact) mass is 351 g/mol. The number of hydrogen-bond acceptors (Lipinski definition) is 5. The molecule has 0 unspecified atom stereocenters. The van der Waals surface area contributed by atoms with E-state index in [4.69, 9.17) is 5.11 Å². The first kappa shape index (κ1) is 14.9. The molecule has 2 aromatic rings. The van der Waals surface area contributed by atoms with E-state index in [1.54, 1.807) is 19.1 Å². The van der Waals surface area contributed by atoms with Crippen LogP contribution >= 0.6 is 15.9 Å². The van der Waals surface area contributed by atoms with Crippen LogP contribution in [0, 0.1) is 17.0 Å². The lowest BCUT2D eigenvalue weighted by atomic mass is 10.2. The molecule has 0 aliphatic carbocycles. The molecule has 1 aromatic heterocycles. The molecule has 1 heterocycles. The average molecular weight is 352 g/mol. The zero-order chi connectivity index (χ0) is 15.6. The third-order valence-corrected chi connectivity index (χ3v) is 3.44. The van der Waals surface area contributed by atoms with Crippen LogP contribution in [0.25, 0.3) is 0 Å². The molecule has 0 saturated heterocycles. The number of anilines is 2. The minimum Gasteiger partial charge on any atom is -0.478 e. The van der Waals surface area contributed by atoms with Gasteiger partial charge in [-0.15, -0.1) is 0 Å². The van der Waals surface area contributed by atoms with Crippen molar-refractivity contribution in [3.63, 3.8) is 0 Å². The molecule has 0 spiro atoms. The van der Waals surface area contributed by atoms with Gasteiger partial charge in [0, 0.05) is 15.7 Å². The predicted molar refractivity (Wildman–Crippen MR) is 80.0 cm³/mol. The highest BCUT2D eigenvalue weighted by atomic mass is 79.9. The molecule has 21 heavy (non-hydrogen) atoms. The van der Waals surface area contributed by atoms with Gasteiger partial charge in [-0.05, 0) is 47.1 Å². The number of carbonyl (C=O) groups is 1. The summed E-state index contributed by atoms with van der Waals surface area (Å²) in [6.07, 6.45) is 1.16. The smallest absolute Gasteiger partial charge is 0.336 e. The van der Waals surface area contributed by atoms with E-state index in [1.165, 1.54) is 12.1 Å². The number of nitrogens with one attached hydrogen (secondary N) is 1. The molecule has 0 amide bonds. The van der Waals surface area contributed by atoms with Crippen molar-refractivity contribution in [3.8, 4) is 0 Å². The van der Waals surface area contributed by atoms with Crippen molar-refractivity contribution >= 4 is 39.1 Å². The fourth-order valence-electron chi connectivity index (χ4n) is 1.72. The minimum atomic E-state index is -1.06. The number of nitro groups is 1. The van der Waals surface area contributed by atoms with Crippen LogP contribution in [0.15, 0.2) is 34.9 Å². The average Bonchev–Trinajstić information content (AvgIpc) is 2.40. The van der Waals surface area contributed by atoms with E-state index in [2.05, 4.69) is 26.2 Å². The summed E-state index contributed by atoms with van der Waals surface area (Å²) < 4.78 is 0.466. The van der Waals surface area contributed by atoms with Crippen molar-refractivity contribution < 1.29 is 14.8 Å². The molecule has 0 saturated carbocycles. The van der Waals surface area contributed by atoms with Gasteiger partial charge in [-0.3, -0.25) is 10.1 Å². The second kappa shape index (κ2) is 5.88. The van der Waals surface area contributed by atoms with Gasteiger partial charge in [0.25, 0.3) is 5.69 Å². The van der Waals surface area contributed by atoms with Gasteiger partial charge in [0.05, 0.1) is 10.5 Å². The molecule has 0 fully saturated rings. The molecule has 0 radical (unpaired) electrons. The molecule has 0 bridgehead atoms. The van der Waals surface area contributed by atoms with Crippen LogP contribution in [-0.4, -0.2) is 21.0 Å². The predicted octanol–water partition coefficient (Wildman–Crippen LogP) is 3.50. The lowest BCUT2D eigenvalue weighted by molar-refractivity contribution is -0.385. The number of pyridine rings is 1. The zero-order valence-corrected chi connectivity index (χ0v) is 12.4. The Hall–Kier alpha value is -2.48. The standard InChI is InChI=1S/C13H10BrN3O4/c1-7-4-12(15-6-11(7)17(20)21)16-8-2-3-10(14)9(5-8)13(18)19/h2-6H,1H3,(H,15,16)(H,18,19). The first-order valence-corrected chi connectivity index (χ1v) is 6.58. The van der Waals surface area contributed by atoms with Gasteiger partial charge in [-0.1, -0.05) is 0 Å². The summed E-state index contributed by atoms with van der Waals surface area (Å²) in [4.78, 5) is 25.2. The van der Waals surface area contributed by atoms with E-state index in [9.17, 15) is 14.9 Å². The molecular formula is C13H10BrN3O4. The Balaban J connectivity index is 2.30. The van der Waals surface area contributed by atoms with Crippen molar-refractivity contribution in [2.45, 2.75) is 6.92 Å². The molecule has 0 atom stereocenters. The number of benzene rings is 1. The third kappa shape index (κ3) is 3.34. The second-order valence-corrected chi connectivity index (χ2v) is 5.09. The largest absolute Gasteiger partial charge is 0.478 e. The molecule has 0 aliphatic rings. The van der Waals surface area contributed by atoms with Gasteiger partial charge in [0.15, 0.2) is 0 Å². The van der Waals surface area contributed by atoms with E-state index >= 15 is 0 Å². The lowest BCUT2D eigenvalue weighted by Gasteiger charge is -2.08. The maximum absolute atomic E-state index is 11.1. The van der Waals surface area contributed by atoms with E-state index in [0.29, 0.717) is 21.5 Å². The molecule has 2 rings (SSSR count). The van der Waals surface area contributed by atoms with Crippen LogP contribution in [0.1, 0.15) is 15.9 Å². The lowest BCUT2D eigenvalue weighted by Crippen LogP contribution is -2.01. The van der Waals surface area contributed by atoms with Crippen molar-refractivity contribution in [1.82, 2.24) is 4.98 Å². The highest BCUT2D eigenvalue weighted by molar-refractivity contribution is 9.10. The van der Waals surface area contributed by atoms with Gasteiger partial charge in [0.2, 0.25) is 0 Å². The molecule has 108 valence electrons. The Bertz CT molecular complexity index is 733. The molecule has 8 heteroatoms. The Kier molecular flexibility index (Phi) is 4.18. The number of carboxylic acid groups (broad SMARTS) is 1. The zero-order valence-electron chi connectivity index (χ0n) is 10.8. The maximum atomic E-state index is 11.1. The normalized spacial score (nSPS) is 10.2. The van der Waals surface area contributed by atoms with Gasteiger partial charge >= 0.3 is 5.97 Å². The van der Waals surface area contributed by atoms with E-state index in [0.717, 1.165) is 6.20 Å². The number of aromatic carboxylic acids is 1. The topological polar surface area (TPSA) is 105 Å². The number of nitrogens with zero attached hydrogens (tertiary/aromatic N) is 2. The maximum Gasteiger partial charge on any atom is 0.336 e. The first-order chi connectivity index (χ1) is 9.88. The summed E-state index contributed by atoms with van der Waals surface area (Å²) in [5, 5.41) is 22.7. The van der Waals surface area contributed by atoms with Crippen LogP contribution < -0.4 is 5.32 Å². The van der Waals surface area contributed by atoms with Crippen LogP contribution in [0.3, 0.4) is 0 Å². The number of aryl methyl sites for hydroxylation is 1. The van der Waals surface area contributed by atoms with Crippen molar-refractivity contribution in [1.29, 1.82) is 0 Å². The van der Waals surface area contributed by atoms with Gasteiger partial charge < -0.3 is 10.4 Å². The SMILES string of the molecule is Cc1cc(Nc2ccc(Br)c(C(=O)O)c2)ncc1[N+](=O)[O-]. The second-order valence-electron chi connectivity index (χ2n) is 4.24. The van der Waals surface area contributed by atoms with E-state index < -0.39 is 10.9 Å². The fourth-order valence-corrected chi connectivity index (χ4v) is 2.14. The van der Waals surface area contributed by atoms with Crippen molar-refractivity contribution in [2.75, 3.05) is 5.32 Å². The van der Waals surface area contributed by atoms with Gasteiger partial charge in [0.1, 0.15) is 12.0 Å². The summed E-state index contributed by atoms with van der Waals surface area (Å²) in [5.74, 6) is -0.657. The number of hydrogen-bond donors (Lipinski definition) is 2. The molecule has 1 aromatic carbocycles. The number of carboxylic acids is 1. The molecule has 7 nitrogen and oxygen atoms in total. The van der Waals surface area contributed by atoms with Crippen LogP contribution in [-0.2, 0) is 0 Å². The highest BCUT2D eigenvalue weighted by Crippen LogP contribution is 2.25. The fraction of sp³-hybridized carbons (Fsp3) is 0.0769. The summed E-state index contributed by atoms with van der Waals surface area (Å²) in [6, 6.07) is 6.25. The van der Waals surface area contributed by atoms with E-state index in [1.807, 2.05) is 0 Å². The Morgan fingerprint density at radius 2 is 2.14 bits per heavy atom. The molecular weight excluding hydrogens is 342 g/mol. The Morgan fingerprint density at radius 3 is 2.71 bits per heavy atom. The first-order valence-electron chi connectivity index (χ1n) is 5.79. The summed E-state index contributed by atoms with van der Waals surface area (Å²) in [6.45, 7) is 1.61. The van der Waals surface area contributed by atoms with Crippen LogP contribution in [0.4, 0.5) is 17.2 Å². The molecule has 0 aliphatic heterocycles. The highest BCUT2D eigenvalue weighted by Gasteiger charge is 2.13. The number of halogens is 1. The van der Waals surface area contributed by atoms with Gasteiger partial charge in [-0.25, -0.2) is 9.78 Å². The number of rotatable bonds is 4. The minimum absolute atomic E-state index is 0.0671. The molecule has 2 N–H and O–H groups in total. The third-order valence-electron chi connectivity index (χ3n) is 2.75. The summed E-state index contributed by atoms with van der Waals surface area (Å²) in [5.41, 5.74) is 1.03. The van der Waals surface area contributed by atoms with Crippen molar-refractivity contribution in [3.05, 3.63) is 56.2 Å². The summed E-state index contributed by atoms with van der Waals surface area (Å²) in [7, 11) is 0. The van der Waals surface area contributed by atoms with Crippen molar-refractivity contribution in [2.24, 2.45) is 0 Å². The van der Waals surface area contributed by atoms with E-state index in [-0.39, 0.29) is 11.3 Å². The summed E-state index contributed by atoms with van der Waals surface area (Å²) >= 11 is 3.15. The van der Waals surface area contributed by atoms with Crippen LogP contribution in [0.2, 0.25) is 0 Å². The number of aromatic nitrogens is 1.